The number of nitrogens with zero attached hydrogens (tertiary/aromatic N) is 1. The standard InChI is InChI=1S/C20H28N2O3/c1-2-18(16-8-4-3-5-9-16)20(24)21-17-13-11-15(12-14-17)7-6-10-19(23)22-25/h11-14,16,18H,2-10H2,1H3,(H,21,24). The number of anilines is 1. The van der Waals surface area contributed by atoms with E-state index < -0.39 is 5.91 Å². The van der Waals surface area contributed by atoms with Crippen LogP contribution in [0.2, 0.25) is 0 Å². The Bertz CT molecular complexity index is 577. The highest BCUT2D eigenvalue weighted by molar-refractivity contribution is 5.92. The van der Waals surface area contributed by atoms with Gasteiger partial charge in [-0.25, -0.2) is 0 Å². The minimum Gasteiger partial charge on any atom is -0.326 e. The van der Waals surface area contributed by atoms with Gasteiger partial charge in [-0.3, -0.25) is 9.59 Å². The third-order valence-corrected chi connectivity index (χ3v) is 5.17. The second-order valence-electron chi connectivity index (χ2n) is 6.94. The van der Waals surface area contributed by atoms with E-state index in [1.807, 2.05) is 24.3 Å². The van der Waals surface area contributed by atoms with Crippen LogP contribution >= 0.6 is 0 Å². The van der Waals surface area contributed by atoms with Crippen LogP contribution in [-0.4, -0.2) is 11.8 Å². The summed E-state index contributed by atoms with van der Waals surface area (Å²) in [6.07, 6.45) is 8.50. The molecular weight excluding hydrogens is 316 g/mol. The molecule has 0 aliphatic heterocycles. The molecule has 0 heterocycles. The number of hydrogen-bond donors (Lipinski definition) is 1. The van der Waals surface area contributed by atoms with Crippen molar-refractivity contribution in [3.8, 4) is 0 Å². The molecule has 25 heavy (non-hydrogen) atoms. The van der Waals surface area contributed by atoms with Crippen LogP contribution in [-0.2, 0) is 16.0 Å². The van der Waals surface area contributed by atoms with Gasteiger partial charge in [0.15, 0.2) is 0 Å². The molecule has 1 aliphatic rings. The van der Waals surface area contributed by atoms with E-state index in [1.165, 1.54) is 32.1 Å². The number of aryl methyl sites for hydroxylation is 1. The summed E-state index contributed by atoms with van der Waals surface area (Å²) in [7, 11) is 0. The molecule has 0 saturated heterocycles. The van der Waals surface area contributed by atoms with E-state index in [0.29, 0.717) is 12.3 Å². The average molecular weight is 344 g/mol. The highest BCUT2D eigenvalue weighted by Gasteiger charge is 2.27. The molecule has 1 aliphatic carbocycles. The molecule has 1 fully saturated rings. The summed E-state index contributed by atoms with van der Waals surface area (Å²) < 4.78 is 0. The summed E-state index contributed by atoms with van der Waals surface area (Å²) >= 11 is 0. The molecule has 1 saturated carbocycles. The van der Waals surface area contributed by atoms with Crippen LogP contribution in [0, 0.1) is 16.7 Å². The minimum absolute atomic E-state index is 0.0989. The Labute approximate surface area is 149 Å². The summed E-state index contributed by atoms with van der Waals surface area (Å²) in [5.74, 6) is 0.144. The molecule has 1 unspecified atom stereocenters. The molecule has 1 aromatic rings. The second kappa shape index (κ2) is 10.1. The first-order valence-electron chi connectivity index (χ1n) is 9.40. The first-order valence-corrected chi connectivity index (χ1v) is 9.40. The molecule has 1 atom stereocenters. The molecule has 1 N–H and O–H groups in total. The van der Waals surface area contributed by atoms with Crippen LogP contribution in [0.4, 0.5) is 5.69 Å². The van der Waals surface area contributed by atoms with Crippen LogP contribution in [0.25, 0.3) is 0 Å². The normalized spacial score (nSPS) is 16.2. The van der Waals surface area contributed by atoms with Gasteiger partial charge in [-0.15, -0.1) is 4.91 Å². The minimum atomic E-state index is -0.600. The molecule has 0 aromatic heterocycles. The van der Waals surface area contributed by atoms with Crippen molar-refractivity contribution in [3.63, 3.8) is 0 Å². The number of rotatable bonds is 8. The number of hydrogen-bond acceptors (Lipinski definition) is 3. The highest BCUT2D eigenvalue weighted by Crippen LogP contribution is 2.32. The van der Waals surface area contributed by atoms with Gasteiger partial charge >= 0.3 is 0 Å². The van der Waals surface area contributed by atoms with Crippen molar-refractivity contribution < 1.29 is 9.59 Å². The fraction of sp³-hybridized carbons (Fsp3) is 0.600. The third-order valence-electron chi connectivity index (χ3n) is 5.17. The van der Waals surface area contributed by atoms with Crippen molar-refractivity contribution in [2.75, 3.05) is 5.32 Å². The molecule has 0 bridgehead atoms. The van der Waals surface area contributed by atoms with Gasteiger partial charge in [-0.1, -0.05) is 38.3 Å². The van der Waals surface area contributed by atoms with Crippen molar-refractivity contribution >= 4 is 17.5 Å². The van der Waals surface area contributed by atoms with Crippen LogP contribution in [0.15, 0.2) is 29.4 Å². The Hall–Kier alpha value is -2.04. The zero-order valence-corrected chi connectivity index (χ0v) is 15.0. The summed E-state index contributed by atoms with van der Waals surface area (Å²) in [4.78, 5) is 33.5. The van der Waals surface area contributed by atoms with Gasteiger partial charge in [0.2, 0.25) is 5.91 Å². The maximum absolute atomic E-state index is 12.6. The fourth-order valence-electron chi connectivity index (χ4n) is 3.75. The van der Waals surface area contributed by atoms with Crippen LogP contribution in [0.5, 0.6) is 0 Å². The SMILES string of the molecule is CCC(C(=O)Nc1ccc(CCCC(=O)N=O)cc1)C1CCCCC1. The Balaban J connectivity index is 1.85. The molecule has 5 heteroatoms. The molecule has 0 radical (unpaired) electrons. The topological polar surface area (TPSA) is 75.6 Å². The van der Waals surface area contributed by atoms with E-state index >= 15 is 0 Å². The zero-order chi connectivity index (χ0) is 18.1. The molecule has 2 amide bonds. The summed E-state index contributed by atoms with van der Waals surface area (Å²) in [6, 6.07) is 7.72. The lowest BCUT2D eigenvalue weighted by molar-refractivity contribution is -0.122. The molecular formula is C20H28N2O3. The Morgan fingerprint density at radius 2 is 1.84 bits per heavy atom. The number of nitrogens with one attached hydrogen (secondary N) is 1. The smallest absolute Gasteiger partial charge is 0.286 e. The number of benzene rings is 1. The Kier molecular flexibility index (Phi) is 7.76. The largest absolute Gasteiger partial charge is 0.326 e. The number of carbonyl (C=O) groups excluding carboxylic acids is 2. The molecule has 1 aromatic carbocycles. The first-order chi connectivity index (χ1) is 12.1. The van der Waals surface area contributed by atoms with Gasteiger partial charge in [-0.2, -0.15) is 0 Å². The van der Waals surface area contributed by atoms with E-state index in [-0.39, 0.29) is 18.2 Å². The number of carbonyl (C=O) groups is 2. The molecule has 5 nitrogen and oxygen atoms in total. The van der Waals surface area contributed by atoms with Crippen molar-refractivity contribution in [1.29, 1.82) is 0 Å². The van der Waals surface area contributed by atoms with Crippen molar-refractivity contribution in [2.45, 2.75) is 64.7 Å². The summed E-state index contributed by atoms with van der Waals surface area (Å²) in [5.41, 5.74) is 1.89. The average Bonchev–Trinajstić information content (AvgIpc) is 2.64. The van der Waals surface area contributed by atoms with Crippen LogP contribution < -0.4 is 5.32 Å². The lowest BCUT2D eigenvalue weighted by Gasteiger charge is -2.28. The summed E-state index contributed by atoms with van der Waals surface area (Å²) in [5, 5.41) is 5.44. The molecule has 0 spiro atoms. The van der Waals surface area contributed by atoms with Gasteiger partial charge in [0.1, 0.15) is 0 Å². The van der Waals surface area contributed by atoms with Gasteiger partial charge in [0, 0.05) is 23.2 Å². The van der Waals surface area contributed by atoms with Gasteiger partial charge < -0.3 is 5.32 Å². The van der Waals surface area contributed by atoms with Gasteiger partial charge in [0.05, 0.1) is 0 Å². The van der Waals surface area contributed by atoms with Crippen LogP contribution in [0.3, 0.4) is 0 Å². The van der Waals surface area contributed by atoms with E-state index in [0.717, 1.165) is 24.1 Å². The van der Waals surface area contributed by atoms with E-state index in [4.69, 9.17) is 0 Å². The quantitative estimate of drug-likeness (QED) is 0.685. The highest BCUT2D eigenvalue weighted by atomic mass is 16.3. The monoisotopic (exact) mass is 344 g/mol. The van der Waals surface area contributed by atoms with E-state index in [9.17, 15) is 14.5 Å². The summed E-state index contributed by atoms with van der Waals surface area (Å²) in [6.45, 7) is 2.09. The number of nitroso groups, excluding NO2 is 1. The van der Waals surface area contributed by atoms with Gasteiger partial charge in [-0.05, 0) is 55.7 Å². The third kappa shape index (κ3) is 6.07. The van der Waals surface area contributed by atoms with E-state index in [1.54, 1.807) is 0 Å². The predicted octanol–water partition coefficient (Wildman–Crippen LogP) is 4.85. The lowest BCUT2D eigenvalue weighted by atomic mass is 9.78. The van der Waals surface area contributed by atoms with Crippen LogP contribution in [0.1, 0.15) is 63.9 Å². The zero-order valence-electron chi connectivity index (χ0n) is 15.0. The van der Waals surface area contributed by atoms with Crippen molar-refractivity contribution in [3.05, 3.63) is 34.7 Å². The first kappa shape index (κ1) is 19.3. The van der Waals surface area contributed by atoms with Gasteiger partial charge in [0.25, 0.3) is 5.91 Å². The Morgan fingerprint density at radius 1 is 1.16 bits per heavy atom. The Morgan fingerprint density at radius 3 is 2.44 bits per heavy atom. The molecule has 136 valence electrons. The predicted molar refractivity (Wildman–Crippen MR) is 99.2 cm³/mol. The molecule has 2 rings (SSSR count). The maximum Gasteiger partial charge on any atom is 0.286 e. The van der Waals surface area contributed by atoms with E-state index in [2.05, 4.69) is 17.4 Å². The maximum atomic E-state index is 12.6. The number of amides is 2. The van der Waals surface area contributed by atoms with Crippen molar-refractivity contribution in [1.82, 2.24) is 0 Å². The second-order valence-corrected chi connectivity index (χ2v) is 6.94. The van der Waals surface area contributed by atoms with Crippen molar-refractivity contribution in [2.24, 2.45) is 17.0 Å². The fourth-order valence-corrected chi connectivity index (χ4v) is 3.75. The lowest BCUT2D eigenvalue weighted by Crippen LogP contribution is -2.30.